The van der Waals surface area contributed by atoms with Gasteiger partial charge in [-0.25, -0.2) is 9.37 Å². The van der Waals surface area contributed by atoms with Crippen molar-refractivity contribution in [2.24, 2.45) is 5.41 Å². The molecule has 3 aromatic rings. The molecule has 0 saturated carbocycles. The van der Waals surface area contributed by atoms with Gasteiger partial charge in [-0.1, -0.05) is 13.8 Å². The molecule has 158 valence electrons. The molecular formula is C24H28FN3O2. The second-order valence-electron chi connectivity index (χ2n) is 8.91. The van der Waals surface area contributed by atoms with E-state index in [1.54, 1.807) is 12.1 Å². The highest BCUT2D eigenvalue weighted by atomic mass is 19.1. The molecule has 0 aliphatic carbocycles. The first-order valence-corrected chi connectivity index (χ1v) is 10.2. The minimum absolute atomic E-state index is 0.135. The lowest BCUT2D eigenvalue weighted by Gasteiger charge is -2.28. The van der Waals surface area contributed by atoms with E-state index in [9.17, 15) is 4.39 Å². The van der Waals surface area contributed by atoms with E-state index in [1.807, 2.05) is 12.1 Å². The number of fused-ring (bicyclic) bond motifs is 2. The van der Waals surface area contributed by atoms with Crippen LogP contribution in [-0.4, -0.2) is 43.9 Å². The van der Waals surface area contributed by atoms with Gasteiger partial charge in [-0.05, 0) is 61.5 Å². The van der Waals surface area contributed by atoms with Gasteiger partial charge in [0.15, 0.2) is 11.5 Å². The van der Waals surface area contributed by atoms with Gasteiger partial charge in [0.25, 0.3) is 0 Å². The summed E-state index contributed by atoms with van der Waals surface area (Å²) in [6.07, 6.45) is 0. The molecule has 0 fully saturated rings. The predicted molar refractivity (Wildman–Crippen MR) is 117 cm³/mol. The number of nitrogens with one attached hydrogen (secondary N) is 1. The Kier molecular flexibility index (Phi) is 5.62. The first-order chi connectivity index (χ1) is 14.3. The van der Waals surface area contributed by atoms with E-state index in [4.69, 9.17) is 14.5 Å². The third kappa shape index (κ3) is 4.55. The first-order valence-electron chi connectivity index (χ1n) is 10.2. The summed E-state index contributed by atoms with van der Waals surface area (Å²) in [5, 5.41) is 4.58. The lowest BCUT2D eigenvalue weighted by atomic mass is 9.92. The fourth-order valence-electron chi connectivity index (χ4n) is 4.05. The molecule has 1 aliphatic rings. The van der Waals surface area contributed by atoms with Crippen molar-refractivity contribution in [1.82, 2.24) is 15.2 Å². The van der Waals surface area contributed by atoms with Crippen LogP contribution >= 0.6 is 0 Å². The van der Waals surface area contributed by atoms with Crippen molar-refractivity contribution >= 4 is 10.9 Å². The zero-order chi connectivity index (χ0) is 21.3. The van der Waals surface area contributed by atoms with Crippen LogP contribution in [0.3, 0.4) is 0 Å². The summed E-state index contributed by atoms with van der Waals surface area (Å²) >= 11 is 0. The molecule has 0 unspecified atom stereocenters. The minimum Gasteiger partial charge on any atom is -0.454 e. The number of rotatable bonds is 7. The number of aromatic nitrogens is 1. The number of benzene rings is 2. The monoisotopic (exact) mass is 409 g/mol. The molecule has 0 bridgehead atoms. The van der Waals surface area contributed by atoms with Crippen LogP contribution in [0.5, 0.6) is 11.5 Å². The Labute approximate surface area is 176 Å². The average Bonchev–Trinajstić information content (AvgIpc) is 3.12. The first kappa shape index (κ1) is 20.6. The van der Waals surface area contributed by atoms with Crippen LogP contribution in [0, 0.1) is 11.2 Å². The summed E-state index contributed by atoms with van der Waals surface area (Å²) in [5.41, 5.74) is 3.76. The smallest absolute Gasteiger partial charge is 0.231 e. The van der Waals surface area contributed by atoms with E-state index < -0.39 is 0 Å². The molecule has 1 aromatic heterocycles. The Morgan fingerprint density at radius 2 is 1.77 bits per heavy atom. The fourth-order valence-corrected chi connectivity index (χ4v) is 4.05. The minimum atomic E-state index is -0.256. The Hall–Kier alpha value is -2.70. The largest absolute Gasteiger partial charge is 0.454 e. The van der Waals surface area contributed by atoms with Gasteiger partial charge in [0.1, 0.15) is 5.82 Å². The molecule has 0 saturated heterocycles. The molecule has 30 heavy (non-hydrogen) atoms. The van der Waals surface area contributed by atoms with Crippen molar-refractivity contribution in [3.8, 4) is 22.8 Å². The van der Waals surface area contributed by atoms with Crippen LogP contribution in [0.2, 0.25) is 0 Å². The number of pyridine rings is 1. The lowest BCUT2D eigenvalue weighted by Crippen LogP contribution is -2.37. The maximum atomic E-state index is 13.5. The Morgan fingerprint density at radius 3 is 2.47 bits per heavy atom. The molecule has 0 radical (unpaired) electrons. The molecule has 5 nitrogen and oxygen atoms in total. The van der Waals surface area contributed by atoms with E-state index in [0.717, 1.165) is 46.6 Å². The van der Waals surface area contributed by atoms with Gasteiger partial charge < -0.3 is 19.7 Å². The molecule has 0 amide bonds. The second kappa shape index (κ2) is 8.20. The van der Waals surface area contributed by atoms with E-state index in [2.05, 4.69) is 44.2 Å². The summed E-state index contributed by atoms with van der Waals surface area (Å²) in [6, 6.07) is 12.5. The normalized spacial score (nSPS) is 13.4. The highest BCUT2D eigenvalue weighted by Crippen LogP contribution is 2.37. The number of nitrogens with zero attached hydrogens (tertiary/aromatic N) is 2. The maximum Gasteiger partial charge on any atom is 0.231 e. The molecule has 1 aliphatic heterocycles. The molecule has 1 N–H and O–H groups in total. The standard InChI is InChI=1S/C24H28FN3O2/c1-24(2,14-28(3)4)13-26-12-18-9-17-10-21-22(30-15-29-21)11-20(17)27-23(18)16-5-7-19(25)8-6-16/h5-11,26H,12-15H2,1-4H3. The highest BCUT2D eigenvalue weighted by molar-refractivity contribution is 5.86. The van der Waals surface area contributed by atoms with E-state index in [-0.39, 0.29) is 18.0 Å². The highest BCUT2D eigenvalue weighted by Gasteiger charge is 2.20. The zero-order valence-corrected chi connectivity index (χ0v) is 18.0. The summed E-state index contributed by atoms with van der Waals surface area (Å²) in [6.45, 7) is 7.25. The molecule has 6 heteroatoms. The van der Waals surface area contributed by atoms with Gasteiger partial charge in [-0.15, -0.1) is 0 Å². The molecule has 2 heterocycles. The quantitative estimate of drug-likeness (QED) is 0.625. The van der Waals surface area contributed by atoms with Crippen molar-refractivity contribution in [1.29, 1.82) is 0 Å². The SMILES string of the molecule is CN(C)CC(C)(C)CNCc1cc2cc3c(cc2nc1-c1ccc(F)cc1)OCO3. The summed E-state index contributed by atoms with van der Waals surface area (Å²) in [7, 11) is 4.18. The molecule has 0 atom stereocenters. The van der Waals surface area contributed by atoms with E-state index >= 15 is 0 Å². The Morgan fingerprint density at radius 1 is 1.07 bits per heavy atom. The second-order valence-corrected chi connectivity index (χ2v) is 8.91. The van der Waals surface area contributed by atoms with Gasteiger partial charge in [0, 0.05) is 36.7 Å². The van der Waals surface area contributed by atoms with Gasteiger partial charge in [0.2, 0.25) is 6.79 Å². The van der Waals surface area contributed by atoms with Gasteiger partial charge in [-0.3, -0.25) is 0 Å². The third-order valence-corrected chi connectivity index (χ3v) is 5.17. The topological polar surface area (TPSA) is 46.6 Å². The van der Waals surface area contributed by atoms with Crippen LogP contribution in [0.1, 0.15) is 19.4 Å². The Bertz CT molecular complexity index is 1050. The lowest BCUT2D eigenvalue weighted by molar-refractivity contribution is 0.174. The number of ether oxygens (including phenoxy) is 2. The fraction of sp³-hybridized carbons (Fsp3) is 0.375. The van der Waals surface area contributed by atoms with Crippen molar-refractivity contribution in [2.45, 2.75) is 20.4 Å². The maximum absolute atomic E-state index is 13.5. The van der Waals surface area contributed by atoms with Crippen LogP contribution in [0.15, 0.2) is 42.5 Å². The Balaban J connectivity index is 1.67. The van der Waals surface area contributed by atoms with Crippen molar-refractivity contribution in [3.05, 3.63) is 53.8 Å². The average molecular weight is 410 g/mol. The van der Waals surface area contributed by atoms with Crippen molar-refractivity contribution < 1.29 is 13.9 Å². The zero-order valence-electron chi connectivity index (χ0n) is 18.0. The van der Waals surface area contributed by atoms with E-state index in [1.165, 1.54) is 12.1 Å². The van der Waals surface area contributed by atoms with Crippen molar-refractivity contribution in [2.75, 3.05) is 34.0 Å². The number of hydrogen-bond acceptors (Lipinski definition) is 5. The molecule has 0 spiro atoms. The summed E-state index contributed by atoms with van der Waals surface area (Å²) < 4.78 is 24.5. The van der Waals surface area contributed by atoms with Gasteiger partial charge >= 0.3 is 0 Å². The summed E-state index contributed by atoms with van der Waals surface area (Å²) in [4.78, 5) is 7.11. The molecular weight excluding hydrogens is 381 g/mol. The van der Waals surface area contributed by atoms with Crippen LogP contribution in [0.25, 0.3) is 22.2 Å². The van der Waals surface area contributed by atoms with Crippen molar-refractivity contribution in [3.63, 3.8) is 0 Å². The van der Waals surface area contributed by atoms with Crippen LogP contribution in [-0.2, 0) is 6.54 Å². The van der Waals surface area contributed by atoms with Crippen LogP contribution < -0.4 is 14.8 Å². The molecule has 2 aromatic carbocycles. The third-order valence-electron chi connectivity index (χ3n) is 5.17. The predicted octanol–water partition coefficient (Wildman–Crippen LogP) is 4.45. The number of halogens is 1. The van der Waals surface area contributed by atoms with E-state index in [0.29, 0.717) is 12.3 Å². The van der Waals surface area contributed by atoms with Gasteiger partial charge in [-0.2, -0.15) is 0 Å². The summed E-state index contributed by atoms with van der Waals surface area (Å²) in [5.74, 6) is 1.19. The molecule has 4 rings (SSSR count). The number of hydrogen-bond donors (Lipinski definition) is 1. The van der Waals surface area contributed by atoms with Crippen LogP contribution in [0.4, 0.5) is 4.39 Å². The van der Waals surface area contributed by atoms with Gasteiger partial charge in [0.05, 0.1) is 11.2 Å².